The number of hydrogen-bond donors (Lipinski definition) is 0. The van der Waals surface area contributed by atoms with Crippen molar-refractivity contribution in [2.24, 2.45) is 0 Å². The van der Waals surface area contributed by atoms with Gasteiger partial charge in [0.25, 0.3) is 0 Å². The lowest BCUT2D eigenvalue weighted by molar-refractivity contribution is 0.0161. The molecule has 1 unspecified atom stereocenters. The molecule has 1 aliphatic heterocycles. The van der Waals surface area contributed by atoms with Gasteiger partial charge in [-0.2, -0.15) is 0 Å². The number of carbonyl (C=O) groups excluding carboxylic acids is 2. The molecule has 2 aromatic rings. The molecule has 0 amide bonds. The minimum Gasteiger partial charge on any atom is -0.459 e. The summed E-state index contributed by atoms with van der Waals surface area (Å²) in [5.74, 6) is -0.466. The molecule has 0 spiro atoms. The smallest absolute Gasteiger partial charge is 0.343 e. The quantitative estimate of drug-likeness (QED) is 0.615. The van der Waals surface area contributed by atoms with Crippen molar-refractivity contribution in [1.82, 2.24) is 0 Å². The summed E-state index contributed by atoms with van der Waals surface area (Å²) < 4.78 is 16.0. The van der Waals surface area contributed by atoms with Crippen LogP contribution in [0.1, 0.15) is 39.1 Å². The van der Waals surface area contributed by atoms with E-state index >= 15 is 0 Å². The normalized spacial score (nSPS) is 16.4. The second kappa shape index (κ2) is 7.94. The highest BCUT2D eigenvalue weighted by molar-refractivity contribution is 5.92. The Morgan fingerprint density at radius 1 is 1.08 bits per heavy atom. The van der Waals surface area contributed by atoms with Crippen molar-refractivity contribution in [3.05, 3.63) is 65.2 Å². The predicted molar refractivity (Wildman–Crippen MR) is 91.8 cm³/mol. The topological polar surface area (TPSA) is 61.8 Å². The van der Waals surface area contributed by atoms with E-state index in [0.717, 1.165) is 25.0 Å². The number of rotatable bonds is 5. The molecule has 2 aromatic carbocycles. The van der Waals surface area contributed by atoms with Gasteiger partial charge in [-0.1, -0.05) is 17.7 Å². The van der Waals surface area contributed by atoms with Gasteiger partial charge >= 0.3 is 11.9 Å². The van der Waals surface area contributed by atoms with Crippen LogP contribution in [0, 0.1) is 6.92 Å². The Balaban J connectivity index is 1.56. The van der Waals surface area contributed by atoms with Crippen molar-refractivity contribution in [3.63, 3.8) is 0 Å². The fraction of sp³-hybridized carbons (Fsp3) is 0.300. The molecule has 1 heterocycles. The van der Waals surface area contributed by atoms with Gasteiger partial charge in [0.05, 0.1) is 17.2 Å². The first-order chi connectivity index (χ1) is 12.1. The maximum atomic E-state index is 12.1. The van der Waals surface area contributed by atoms with Crippen molar-refractivity contribution >= 4 is 11.9 Å². The number of esters is 2. The summed E-state index contributed by atoms with van der Waals surface area (Å²) in [6.45, 7) is 2.90. The number of benzene rings is 2. The van der Waals surface area contributed by atoms with E-state index in [1.807, 2.05) is 13.0 Å². The molecule has 130 valence electrons. The Morgan fingerprint density at radius 2 is 1.88 bits per heavy atom. The third-order valence-corrected chi connectivity index (χ3v) is 3.98. The Labute approximate surface area is 146 Å². The highest BCUT2D eigenvalue weighted by Crippen LogP contribution is 2.17. The number of ether oxygens (including phenoxy) is 3. The maximum absolute atomic E-state index is 12.1. The van der Waals surface area contributed by atoms with E-state index in [4.69, 9.17) is 14.2 Å². The zero-order chi connectivity index (χ0) is 17.6. The third kappa shape index (κ3) is 4.67. The van der Waals surface area contributed by atoms with Gasteiger partial charge in [-0.05, 0) is 56.2 Å². The molecule has 0 N–H and O–H groups in total. The monoisotopic (exact) mass is 340 g/mol. The van der Waals surface area contributed by atoms with E-state index in [0.29, 0.717) is 16.9 Å². The second-order valence-electron chi connectivity index (χ2n) is 6.02. The van der Waals surface area contributed by atoms with Crippen molar-refractivity contribution in [1.29, 1.82) is 0 Å². The average Bonchev–Trinajstić information content (AvgIpc) is 3.14. The van der Waals surface area contributed by atoms with Crippen LogP contribution in [0.3, 0.4) is 0 Å². The molecule has 1 atom stereocenters. The molecular formula is C20H20O5. The number of hydrogen-bond acceptors (Lipinski definition) is 5. The molecule has 25 heavy (non-hydrogen) atoms. The molecule has 1 saturated heterocycles. The molecule has 0 radical (unpaired) electrons. The molecule has 0 aliphatic carbocycles. The van der Waals surface area contributed by atoms with Crippen LogP contribution < -0.4 is 4.74 Å². The molecule has 0 aromatic heterocycles. The zero-order valence-electron chi connectivity index (χ0n) is 14.1. The van der Waals surface area contributed by atoms with Crippen LogP contribution in [0.25, 0.3) is 0 Å². The molecule has 5 nitrogen and oxygen atoms in total. The summed E-state index contributed by atoms with van der Waals surface area (Å²) in [4.78, 5) is 24.1. The summed E-state index contributed by atoms with van der Waals surface area (Å²) in [6.07, 6.45) is 1.92. The van der Waals surface area contributed by atoms with Crippen molar-refractivity contribution in [3.8, 4) is 5.75 Å². The molecule has 5 heteroatoms. The van der Waals surface area contributed by atoms with E-state index < -0.39 is 11.9 Å². The number of carbonyl (C=O) groups is 2. The first-order valence-corrected chi connectivity index (χ1v) is 8.29. The highest BCUT2D eigenvalue weighted by atomic mass is 16.6. The SMILES string of the molecule is Cc1cccc(C(=O)Oc2ccc(C(=O)OCC3CCCO3)cc2)c1. The van der Waals surface area contributed by atoms with E-state index in [1.54, 1.807) is 42.5 Å². The summed E-state index contributed by atoms with van der Waals surface area (Å²) in [7, 11) is 0. The van der Waals surface area contributed by atoms with E-state index in [2.05, 4.69) is 0 Å². The molecule has 3 rings (SSSR count). The van der Waals surface area contributed by atoms with Gasteiger partial charge in [-0.15, -0.1) is 0 Å². The van der Waals surface area contributed by atoms with Gasteiger partial charge in [0.2, 0.25) is 0 Å². The molecular weight excluding hydrogens is 320 g/mol. The lowest BCUT2D eigenvalue weighted by Gasteiger charge is -2.10. The molecule has 1 fully saturated rings. The van der Waals surface area contributed by atoms with Crippen LogP contribution in [0.15, 0.2) is 48.5 Å². The first kappa shape index (κ1) is 17.2. The number of aryl methyl sites for hydroxylation is 1. The maximum Gasteiger partial charge on any atom is 0.343 e. The van der Waals surface area contributed by atoms with Crippen molar-refractivity contribution in [2.45, 2.75) is 25.9 Å². The van der Waals surface area contributed by atoms with Crippen LogP contribution in [-0.4, -0.2) is 31.3 Å². The third-order valence-electron chi connectivity index (χ3n) is 3.98. The zero-order valence-corrected chi connectivity index (χ0v) is 14.1. The fourth-order valence-electron chi connectivity index (χ4n) is 2.62. The summed E-state index contributed by atoms with van der Waals surface area (Å²) in [5.41, 5.74) is 1.88. The summed E-state index contributed by atoms with van der Waals surface area (Å²) in [5, 5.41) is 0. The predicted octanol–water partition coefficient (Wildman–Crippen LogP) is 3.55. The summed E-state index contributed by atoms with van der Waals surface area (Å²) >= 11 is 0. The largest absolute Gasteiger partial charge is 0.459 e. The minimum atomic E-state index is -0.433. The Hall–Kier alpha value is -2.66. The second-order valence-corrected chi connectivity index (χ2v) is 6.02. The van der Waals surface area contributed by atoms with E-state index in [9.17, 15) is 9.59 Å². The van der Waals surface area contributed by atoms with Crippen LogP contribution in [-0.2, 0) is 9.47 Å². The van der Waals surface area contributed by atoms with Gasteiger partial charge < -0.3 is 14.2 Å². The summed E-state index contributed by atoms with van der Waals surface area (Å²) in [6, 6.07) is 13.5. The Morgan fingerprint density at radius 3 is 2.56 bits per heavy atom. The Kier molecular flexibility index (Phi) is 5.46. The van der Waals surface area contributed by atoms with E-state index in [-0.39, 0.29) is 12.7 Å². The van der Waals surface area contributed by atoms with Gasteiger partial charge in [0.1, 0.15) is 12.4 Å². The van der Waals surface area contributed by atoms with Gasteiger partial charge in [0, 0.05) is 6.61 Å². The minimum absolute atomic E-state index is 0.00138. The molecule has 0 bridgehead atoms. The average molecular weight is 340 g/mol. The highest BCUT2D eigenvalue weighted by Gasteiger charge is 2.18. The van der Waals surface area contributed by atoms with Gasteiger partial charge in [-0.25, -0.2) is 9.59 Å². The lowest BCUT2D eigenvalue weighted by Crippen LogP contribution is -2.17. The van der Waals surface area contributed by atoms with Gasteiger partial charge in [0.15, 0.2) is 0 Å². The van der Waals surface area contributed by atoms with Gasteiger partial charge in [-0.3, -0.25) is 0 Å². The fourth-order valence-corrected chi connectivity index (χ4v) is 2.62. The lowest BCUT2D eigenvalue weighted by atomic mass is 10.1. The van der Waals surface area contributed by atoms with Crippen molar-refractivity contribution < 1.29 is 23.8 Å². The van der Waals surface area contributed by atoms with Crippen LogP contribution in [0.4, 0.5) is 0 Å². The Bertz CT molecular complexity index is 745. The first-order valence-electron chi connectivity index (χ1n) is 8.29. The molecule has 0 saturated carbocycles. The van der Waals surface area contributed by atoms with Crippen LogP contribution in [0.2, 0.25) is 0 Å². The van der Waals surface area contributed by atoms with Crippen LogP contribution >= 0.6 is 0 Å². The van der Waals surface area contributed by atoms with E-state index in [1.165, 1.54) is 0 Å². The van der Waals surface area contributed by atoms with Crippen LogP contribution in [0.5, 0.6) is 5.75 Å². The van der Waals surface area contributed by atoms with Crippen molar-refractivity contribution in [2.75, 3.05) is 13.2 Å². The molecule has 1 aliphatic rings. The standard InChI is InChI=1S/C20H20O5/c1-14-4-2-5-16(12-14)20(22)25-17-9-7-15(8-10-17)19(21)24-13-18-6-3-11-23-18/h2,4-5,7-10,12,18H,3,6,11,13H2,1H3.